The molecule has 1 atom stereocenters. The first-order valence-electron chi connectivity index (χ1n) is 6.84. The van der Waals surface area contributed by atoms with Gasteiger partial charge in [0.2, 0.25) is 0 Å². The normalized spacial score (nSPS) is 12.2. The van der Waals surface area contributed by atoms with E-state index in [-0.39, 0.29) is 12.0 Å². The highest BCUT2D eigenvalue weighted by molar-refractivity contribution is 5.27. The first-order valence-corrected chi connectivity index (χ1v) is 6.84. The summed E-state index contributed by atoms with van der Waals surface area (Å²) in [6.07, 6.45) is 0.286. The molecule has 0 aliphatic heterocycles. The topological polar surface area (TPSA) is 29.5 Å². The van der Waals surface area contributed by atoms with Gasteiger partial charge in [-0.05, 0) is 42.7 Å². The van der Waals surface area contributed by atoms with E-state index in [1.54, 1.807) is 7.11 Å². The summed E-state index contributed by atoms with van der Waals surface area (Å²) in [6.45, 7) is 0. The molecule has 0 amide bonds. The molecule has 0 heterocycles. The minimum atomic E-state index is -0.779. The van der Waals surface area contributed by atoms with Crippen LogP contribution in [0.1, 0.15) is 17.5 Å². The standard InChI is InChI=1S/C17H18F2O2/c1-21-14-9-6-12(7-10-14)5-8-13(20)11-15-16(18)3-2-4-17(15)19/h2-4,6-7,9-10,13,20H,5,8,11H2,1H3. The minimum absolute atomic E-state index is 0.0192. The molecule has 0 radical (unpaired) electrons. The molecule has 1 N–H and O–H groups in total. The summed E-state index contributed by atoms with van der Waals surface area (Å²) in [6, 6.07) is 11.2. The molecule has 2 rings (SSSR count). The molecular weight excluding hydrogens is 274 g/mol. The van der Waals surface area contributed by atoms with Crippen molar-refractivity contribution < 1.29 is 18.6 Å². The largest absolute Gasteiger partial charge is 0.497 e. The van der Waals surface area contributed by atoms with Crippen molar-refractivity contribution >= 4 is 0 Å². The van der Waals surface area contributed by atoms with E-state index in [1.165, 1.54) is 18.2 Å². The van der Waals surface area contributed by atoms with E-state index in [0.717, 1.165) is 11.3 Å². The lowest BCUT2D eigenvalue weighted by Crippen LogP contribution is -2.14. The van der Waals surface area contributed by atoms with Gasteiger partial charge in [0.05, 0.1) is 13.2 Å². The van der Waals surface area contributed by atoms with Gasteiger partial charge in [-0.1, -0.05) is 18.2 Å². The lowest BCUT2D eigenvalue weighted by molar-refractivity contribution is 0.162. The van der Waals surface area contributed by atoms with Gasteiger partial charge in [0.15, 0.2) is 0 Å². The van der Waals surface area contributed by atoms with E-state index in [9.17, 15) is 13.9 Å². The van der Waals surface area contributed by atoms with Crippen molar-refractivity contribution in [2.45, 2.75) is 25.4 Å². The van der Waals surface area contributed by atoms with Crippen molar-refractivity contribution in [1.29, 1.82) is 0 Å². The second-order valence-electron chi connectivity index (χ2n) is 4.94. The Kier molecular flexibility index (Phi) is 5.28. The third-order valence-corrected chi connectivity index (χ3v) is 3.43. The molecule has 2 nitrogen and oxygen atoms in total. The maximum Gasteiger partial charge on any atom is 0.129 e. The smallest absolute Gasteiger partial charge is 0.129 e. The number of ether oxygens (including phenoxy) is 1. The van der Waals surface area contributed by atoms with E-state index in [2.05, 4.69) is 0 Å². The van der Waals surface area contributed by atoms with E-state index in [1.807, 2.05) is 24.3 Å². The first-order chi connectivity index (χ1) is 10.1. The molecule has 112 valence electrons. The SMILES string of the molecule is COc1ccc(CCC(O)Cc2c(F)cccc2F)cc1. The van der Waals surface area contributed by atoms with Crippen molar-refractivity contribution in [3.63, 3.8) is 0 Å². The number of aliphatic hydroxyl groups is 1. The van der Waals surface area contributed by atoms with Crippen LogP contribution in [0.15, 0.2) is 42.5 Å². The summed E-state index contributed by atoms with van der Waals surface area (Å²) < 4.78 is 32.1. The molecule has 0 fully saturated rings. The fourth-order valence-corrected chi connectivity index (χ4v) is 2.19. The van der Waals surface area contributed by atoms with Gasteiger partial charge in [-0.15, -0.1) is 0 Å². The van der Waals surface area contributed by atoms with Gasteiger partial charge in [-0.3, -0.25) is 0 Å². The number of aryl methyl sites for hydroxylation is 1. The Balaban J connectivity index is 1.91. The summed E-state index contributed by atoms with van der Waals surface area (Å²) in [5, 5.41) is 9.96. The highest BCUT2D eigenvalue weighted by Gasteiger charge is 2.13. The van der Waals surface area contributed by atoms with Crippen LogP contribution in [0.2, 0.25) is 0 Å². The molecule has 0 saturated heterocycles. The number of aliphatic hydroxyl groups excluding tert-OH is 1. The Morgan fingerprint density at radius 2 is 1.67 bits per heavy atom. The molecule has 21 heavy (non-hydrogen) atoms. The molecule has 2 aromatic carbocycles. The van der Waals surface area contributed by atoms with Gasteiger partial charge < -0.3 is 9.84 Å². The van der Waals surface area contributed by atoms with Crippen LogP contribution in [-0.2, 0) is 12.8 Å². The van der Waals surface area contributed by atoms with Crippen LogP contribution < -0.4 is 4.74 Å². The van der Waals surface area contributed by atoms with Crippen LogP contribution in [0.3, 0.4) is 0 Å². The molecule has 0 bridgehead atoms. The zero-order valence-electron chi connectivity index (χ0n) is 11.9. The summed E-state index contributed by atoms with van der Waals surface area (Å²) in [7, 11) is 1.60. The maximum absolute atomic E-state index is 13.5. The van der Waals surface area contributed by atoms with Gasteiger partial charge in [0, 0.05) is 12.0 Å². The number of hydrogen-bond acceptors (Lipinski definition) is 2. The predicted octanol–water partition coefficient (Wildman–Crippen LogP) is 3.51. The third-order valence-electron chi connectivity index (χ3n) is 3.43. The van der Waals surface area contributed by atoms with E-state index in [0.29, 0.717) is 12.8 Å². The predicted molar refractivity (Wildman–Crippen MR) is 77.4 cm³/mol. The van der Waals surface area contributed by atoms with Crippen LogP contribution in [0.4, 0.5) is 8.78 Å². The molecule has 0 aliphatic carbocycles. The summed E-state index contributed by atoms with van der Waals surface area (Å²) in [5.41, 5.74) is 0.989. The molecule has 1 unspecified atom stereocenters. The van der Waals surface area contributed by atoms with Crippen LogP contribution >= 0.6 is 0 Å². The van der Waals surface area contributed by atoms with E-state index >= 15 is 0 Å². The number of rotatable bonds is 6. The molecule has 0 spiro atoms. The fraction of sp³-hybridized carbons (Fsp3) is 0.294. The number of hydrogen-bond donors (Lipinski definition) is 1. The monoisotopic (exact) mass is 292 g/mol. The van der Waals surface area contributed by atoms with Gasteiger partial charge in [-0.2, -0.15) is 0 Å². The van der Waals surface area contributed by atoms with E-state index in [4.69, 9.17) is 4.74 Å². The Hall–Kier alpha value is -1.94. The van der Waals surface area contributed by atoms with Crippen molar-refractivity contribution in [2.75, 3.05) is 7.11 Å². The summed E-state index contributed by atoms with van der Waals surface area (Å²) >= 11 is 0. The number of benzene rings is 2. The Morgan fingerprint density at radius 1 is 1.05 bits per heavy atom. The van der Waals surface area contributed by atoms with Crippen molar-refractivity contribution in [1.82, 2.24) is 0 Å². The highest BCUT2D eigenvalue weighted by atomic mass is 19.1. The van der Waals surface area contributed by atoms with Crippen molar-refractivity contribution in [3.8, 4) is 5.75 Å². The Bertz CT molecular complexity index is 562. The second-order valence-corrected chi connectivity index (χ2v) is 4.94. The Morgan fingerprint density at radius 3 is 2.24 bits per heavy atom. The lowest BCUT2D eigenvalue weighted by atomic mass is 10.0. The van der Waals surface area contributed by atoms with Gasteiger partial charge in [-0.25, -0.2) is 8.78 Å². The van der Waals surface area contributed by atoms with E-state index < -0.39 is 17.7 Å². The summed E-state index contributed by atoms with van der Waals surface area (Å²) in [4.78, 5) is 0. The average Bonchev–Trinajstić information content (AvgIpc) is 2.49. The fourth-order valence-electron chi connectivity index (χ4n) is 2.19. The molecule has 4 heteroatoms. The molecule has 0 aromatic heterocycles. The van der Waals surface area contributed by atoms with Crippen LogP contribution in [-0.4, -0.2) is 18.3 Å². The highest BCUT2D eigenvalue weighted by Crippen LogP contribution is 2.17. The van der Waals surface area contributed by atoms with Gasteiger partial charge in [0.25, 0.3) is 0 Å². The van der Waals surface area contributed by atoms with Gasteiger partial charge >= 0.3 is 0 Å². The molecular formula is C17H18F2O2. The molecule has 0 saturated carbocycles. The molecule has 0 aliphatic rings. The molecule has 2 aromatic rings. The first kappa shape index (κ1) is 15.4. The summed E-state index contributed by atoms with van der Waals surface area (Å²) in [5.74, 6) is -0.454. The number of halogens is 2. The third kappa shape index (κ3) is 4.26. The van der Waals surface area contributed by atoms with Crippen LogP contribution in [0.5, 0.6) is 5.75 Å². The minimum Gasteiger partial charge on any atom is -0.497 e. The quantitative estimate of drug-likeness (QED) is 0.883. The lowest BCUT2D eigenvalue weighted by Gasteiger charge is -2.12. The average molecular weight is 292 g/mol. The Labute approximate surface area is 123 Å². The van der Waals surface area contributed by atoms with Gasteiger partial charge in [0.1, 0.15) is 17.4 Å². The van der Waals surface area contributed by atoms with Crippen molar-refractivity contribution in [2.24, 2.45) is 0 Å². The van der Waals surface area contributed by atoms with Crippen molar-refractivity contribution in [3.05, 3.63) is 65.2 Å². The second kappa shape index (κ2) is 7.18. The van der Waals surface area contributed by atoms with Crippen LogP contribution in [0, 0.1) is 11.6 Å². The number of methoxy groups -OCH3 is 1. The zero-order chi connectivity index (χ0) is 15.2. The van der Waals surface area contributed by atoms with Crippen LogP contribution in [0.25, 0.3) is 0 Å². The zero-order valence-corrected chi connectivity index (χ0v) is 11.9. The maximum atomic E-state index is 13.5.